The van der Waals surface area contributed by atoms with Gasteiger partial charge >= 0.3 is 0 Å². The predicted octanol–water partition coefficient (Wildman–Crippen LogP) is 1.23. The van der Waals surface area contributed by atoms with E-state index in [9.17, 15) is 9.59 Å². The second-order valence-electron chi connectivity index (χ2n) is 4.25. The first-order valence-corrected chi connectivity index (χ1v) is 6.44. The molecule has 1 aromatic carbocycles. The predicted molar refractivity (Wildman–Crippen MR) is 74.7 cm³/mol. The molecule has 0 atom stereocenters. The van der Waals surface area contributed by atoms with E-state index < -0.39 is 0 Å². The molecule has 0 saturated heterocycles. The molecule has 1 aliphatic rings. The first-order valence-electron chi connectivity index (χ1n) is 6.06. The van der Waals surface area contributed by atoms with E-state index in [0.717, 1.165) is 5.56 Å². The van der Waals surface area contributed by atoms with E-state index in [2.05, 4.69) is 15.8 Å². The standard InChI is InChI=1S/C13H14ClN3O3/c1-20-11-4-2-8(6-9(11)14)7-15-13(19)10-3-5-12(18)17-16-10/h2,4,6H,3,5,7H2,1H3,(H,15,19)(H,17,18). The third-order valence-electron chi connectivity index (χ3n) is 2.84. The Morgan fingerprint density at radius 2 is 2.30 bits per heavy atom. The van der Waals surface area contributed by atoms with Crippen LogP contribution < -0.4 is 15.5 Å². The normalized spacial score (nSPS) is 14.3. The van der Waals surface area contributed by atoms with Crippen molar-refractivity contribution in [2.75, 3.05) is 7.11 Å². The highest BCUT2D eigenvalue weighted by molar-refractivity contribution is 6.39. The number of hydrogen-bond acceptors (Lipinski definition) is 4. The molecule has 0 saturated carbocycles. The van der Waals surface area contributed by atoms with Crippen LogP contribution in [0.4, 0.5) is 0 Å². The van der Waals surface area contributed by atoms with E-state index in [1.54, 1.807) is 12.1 Å². The molecule has 0 bridgehead atoms. The highest BCUT2D eigenvalue weighted by atomic mass is 35.5. The van der Waals surface area contributed by atoms with Gasteiger partial charge in [-0.15, -0.1) is 0 Å². The number of nitrogens with zero attached hydrogens (tertiary/aromatic N) is 1. The third-order valence-corrected chi connectivity index (χ3v) is 3.13. The summed E-state index contributed by atoms with van der Waals surface area (Å²) in [5.74, 6) is 0.113. The van der Waals surface area contributed by atoms with Crippen LogP contribution in [0.25, 0.3) is 0 Å². The van der Waals surface area contributed by atoms with Gasteiger partial charge in [0.2, 0.25) is 5.91 Å². The second kappa shape index (κ2) is 6.38. The van der Waals surface area contributed by atoms with E-state index in [1.807, 2.05) is 6.07 Å². The largest absolute Gasteiger partial charge is 0.495 e. The highest BCUT2D eigenvalue weighted by Gasteiger charge is 2.17. The summed E-state index contributed by atoms with van der Waals surface area (Å²) >= 11 is 6.00. The topological polar surface area (TPSA) is 79.8 Å². The van der Waals surface area contributed by atoms with Gasteiger partial charge in [0.15, 0.2) is 0 Å². The van der Waals surface area contributed by atoms with Gasteiger partial charge in [-0.25, -0.2) is 5.43 Å². The van der Waals surface area contributed by atoms with Crippen molar-refractivity contribution < 1.29 is 14.3 Å². The molecule has 0 aromatic heterocycles. The second-order valence-corrected chi connectivity index (χ2v) is 4.65. The van der Waals surface area contributed by atoms with Crippen LogP contribution in [0.2, 0.25) is 5.02 Å². The molecule has 2 rings (SSSR count). The lowest BCUT2D eigenvalue weighted by atomic mass is 10.1. The Bertz CT molecular complexity index is 572. The molecule has 6 nitrogen and oxygen atoms in total. The summed E-state index contributed by atoms with van der Waals surface area (Å²) in [6.45, 7) is 0.329. The van der Waals surface area contributed by atoms with E-state index >= 15 is 0 Å². The number of halogens is 1. The molecule has 0 fully saturated rings. The summed E-state index contributed by atoms with van der Waals surface area (Å²) in [7, 11) is 1.54. The van der Waals surface area contributed by atoms with Crippen molar-refractivity contribution in [1.82, 2.24) is 10.7 Å². The molecule has 1 aromatic rings. The number of hydrogen-bond donors (Lipinski definition) is 2. The van der Waals surface area contributed by atoms with Crippen molar-refractivity contribution in [1.29, 1.82) is 0 Å². The fourth-order valence-electron chi connectivity index (χ4n) is 1.74. The number of nitrogens with one attached hydrogen (secondary N) is 2. The van der Waals surface area contributed by atoms with Gasteiger partial charge in [0.05, 0.1) is 12.1 Å². The van der Waals surface area contributed by atoms with Crippen LogP contribution in [0.3, 0.4) is 0 Å². The van der Waals surface area contributed by atoms with Gasteiger partial charge in [-0.2, -0.15) is 5.10 Å². The smallest absolute Gasteiger partial charge is 0.267 e. The van der Waals surface area contributed by atoms with Crippen LogP contribution in [-0.4, -0.2) is 24.6 Å². The van der Waals surface area contributed by atoms with Crippen molar-refractivity contribution in [3.63, 3.8) is 0 Å². The first-order chi connectivity index (χ1) is 9.60. The summed E-state index contributed by atoms with van der Waals surface area (Å²) < 4.78 is 5.05. The number of amides is 2. The van der Waals surface area contributed by atoms with Crippen molar-refractivity contribution in [3.05, 3.63) is 28.8 Å². The number of benzene rings is 1. The van der Waals surface area contributed by atoms with Crippen LogP contribution in [0.1, 0.15) is 18.4 Å². The van der Waals surface area contributed by atoms with Crippen LogP contribution >= 0.6 is 11.6 Å². The molecule has 20 heavy (non-hydrogen) atoms. The van der Waals surface area contributed by atoms with Gasteiger partial charge in [-0.3, -0.25) is 9.59 Å². The molecule has 0 spiro atoms. The average Bonchev–Trinajstić information content (AvgIpc) is 2.45. The van der Waals surface area contributed by atoms with Crippen LogP contribution in [0.5, 0.6) is 5.75 Å². The monoisotopic (exact) mass is 295 g/mol. The zero-order valence-corrected chi connectivity index (χ0v) is 11.7. The number of carbonyl (C=O) groups excluding carboxylic acids is 2. The molecule has 2 amide bonds. The molecule has 0 radical (unpaired) electrons. The minimum Gasteiger partial charge on any atom is -0.495 e. The summed E-state index contributed by atoms with van der Waals surface area (Å²) in [6, 6.07) is 5.28. The summed E-state index contributed by atoms with van der Waals surface area (Å²) in [6.07, 6.45) is 0.627. The SMILES string of the molecule is COc1ccc(CNC(=O)C2=NNC(=O)CC2)cc1Cl. The van der Waals surface area contributed by atoms with Crippen molar-refractivity contribution in [2.45, 2.75) is 19.4 Å². The minimum atomic E-state index is -0.294. The number of carbonyl (C=O) groups is 2. The Morgan fingerprint density at radius 1 is 1.50 bits per heavy atom. The first kappa shape index (κ1) is 14.3. The number of ether oxygens (including phenoxy) is 1. The van der Waals surface area contributed by atoms with E-state index in [0.29, 0.717) is 29.4 Å². The Labute approximate surface area is 121 Å². The zero-order chi connectivity index (χ0) is 14.5. The quantitative estimate of drug-likeness (QED) is 0.877. The van der Waals surface area contributed by atoms with Gasteiger partial charge in [-0.05, 0) is 17.7 Å². The molecule has 0 aliphatic carbocycles. The van der Waals surface area contributed by atoms with Crippen molar-refractivity contribution in [2.24, 2.45) is 5.10 Å². The Hall–Kier alpha value is -2.08. The lowest BCUT2D eigenvalue weighted by Crippen LogP contribution is -2.36. The van der Waals surface area contributed by atoms with Gasteiger partial charge in [0.25, 0.3) is 5.91 Å². The summed E-state index contributed by atoms with van der Waals surface area (Å²) in [4.78, 5) is 22.8. The Kier molecular flexibility index (Phi) is 4.57. The third kappa shape index (κ3) is 3.48. The lowest BCUT2D eigenvalue weighted by molar-refractivity contribution is -0.121. The van der Waals surface area contributed by atoms with Gasteiger partial charge in [0.1, 0.15) is 11.5 Å². The maximum absolute atomic E-state index is 11.8. The fraction of sp³-hybridized carbons (Fsp3) is 0.308. The molecule has 7 heteroatoms. The fourth-order valence-corrected chi connectivity index (χ4v) is 2.02. The maximum Gasteiger partial charge on any atom is 0.267 e. The van der Waals surface area contributed by atoms with Crippen LogP contribution in [-0.2, 0) is 16.1 Å². The van der Waals surface area contributed by atoms with Gasteiger partial charge < -0.3 is 10.1 Å². The van der Waals surface area contributed by atoms with E-state index in [4.69, 9.17) is 16.3 Å². The Morgan fingerprint density at radius 3 is 2.90 bits per heavy atom. The highest BCUT2D eigenvalue weighted by Crippen LogP contribution is 2.24. The zero-order valence-electron chi connectivity index (χ0n) is 10.9. The van der Waals surface area contributed by atoms with Crippen molar-refractivity contribution in [3.8, 4) is 5.75 Å². The van der Waals surface area contributed by atoms with Gasteiger partial charge in [-0.1, -0.05) is 17.7 Å². The maximum atomic E-state index is 11.8. The molecular formula is C13H14ClN3O3. The van der Waals surface area contributed by atoms with Gasteiger partial charge in [0, 0.05) is 19.4 Å². The molecule has 106 valence electrons. The number of methoxy groups -OCH3 is 1. The molecule has 1 aliphatic heterocycles. The lowest BCUT2D eigenvalue weighted by Gasteiger charge is -2.12. The number of hydrazone groups is 1. The summed E-state index contributed by atoms with van der Waals surface area (Å²) in [5.41, 5.74) is 3.46. The van der Waals surface area contributed by atoms with Crippen LogP contribution in [0, 0.1) is 0 Å². The Balaban J connectivity index is 1.93. The molecule has 1 heterocycles. The molecular weight excluding hydrogens is 282 g/mol. The summed E-state index contributed by atoms with van der Waals surface area (Å²) in [5, 5.41) is 6.94. The number of rotatable bonds is 4. The molecule has 0 unspecified atom stereocenters. The van der Waals surface area contributed by atoms with Crippen molar-refractivity contribution >= 4 is 29.1 Å². The molecule has 2 N–H and O–H groups in total. The average molecular weight is 296 g/mol. The minimum absolute atomic E-state index is 0.177. The van der Waals surface area contributed by atoms with E-state index in [-0.39, 0.29) is 18.2 Å². The van der Waals surface area contributed by atoms with Crippen LogP contribution in [0.15, 0.2) is 23.3 Å². The van der Waals surface area contributed by atoms with E-state index in [1.165, 1.54) is 7.11 Å².